The second-order valence-electron chi connectivity index (χ2n) is 4.42. The van der Waals surface area contributed by atoms with Crippen LogP contribution in [0, 0.1) is 0 Å². The first-order valence-electron chi connectivity index (χ1n) is 6.28. The van der Waals surface area contributed by atoms with Crippen molar-refractivity contribution in [3.05, 3.63) is 59.9 Å². The molecule has 2 heterocycles. The highest BCUT2D eigenvalue weighted by Crippen LogP contribution is 2.35. The lowest BCUT2D eigenvalue weighted by atomic mass is 10.0. The number of nitrogens with zero attached hydrogens (tertiary/aromatic N) is 1. The van der Waals surface area contributed by atoms with Crippen LogP contribution >= 0.6 is 11.8 Å². The first kappa shape index (κ1) is 12.2. The minimum absolute atomic E-state index is 0.0898. The monoisotopic (exact) mass is 270 g/mol. The van der Waals surface area contributed by atoms with Crippen LogP contribution in [-0.4, -0.2) is 16.6 Å². The van der Waals surface area contributed by atoms with E-state index in [0.717, 1.165) is 12.2 Å². The number of aromatic nitrogens is 1. The summed E-state index contributed by atoms with van der Waals surface area (Å²) in [6, 6.07) is 13.7. The van der Waals surface area contributed by atoms with Crippen LogP contribution in [0.15, 0.2) is 53.6 Å². The smallest absolute Gasteiger partial charge is 0.270 e. The van der Waals surface area contributed by atoms with Gasteiger partial charge in [0.05, 0.1) is 6.04 Å². The Hall–Kier alpha value is -1.81. The van der Waals surface area contributed by atoms with Crippen LogP contribution in [0.3, 0.4) is 0 Å². The highest BCUT2D eigenvalue weighted by molar-refractivity contribution is 7.99. The van der Waals surface area contributed by atoms with Gasteiger partial charge in [-0.1, -0.05) is 24.3 Å². The van der Waals surface area contributed by atoms with Crippen LogP contribution in [0.4, 0.5) is 0 Å². The lowest BCUT2D eigenvalue weighted by Gasteiger charge is -2.25. The SMILES string of the molecule is O=C(N[C@H]1CCSc2ccccc21)c1ccccn1. The number of benzene rings is 1. The number of nitrogens with one attached hydrogen (secondary N) is 1. The molecule has 3 nitrogen and oxygen atoms in total. The summed E-state index contributed by atoms with van der Waals surface area (Å²) in [5.41, 5.74) is 1.68. The van der Waals surface area contributed by atoms with Gasteiger partial charge in [0.1, 0.15) is 5.69 Å². The Labute approximate surface area is 116 Å². The van der Waals surface area contributed by atoms with E-state index in [1.165, 1.54) is 10.5 Å². The molecule has 0 aliphatic carbocycles. The molecule has 1 aromatic carbocycles. The first-order chi connectivity index (χ1) is 9.34. The third-order valence-electron chi connectivity index (χ3n) is 3.16. The number of rotatable bonds is 2. The summed E-state index contributed by atoms with van der Waals surface area (Å²) in [4.78, 5) is 17.5. The fraction of sp³-hybridized carbons (Fsp3) is 0.200. The van der Waals surface area contributed by atoms with Crippen LogP contribution in [0.5, 0.6) is 0 Å². The van der Waals surface area contributed by atoms with Crippen LogP contribution < -0.4 is 5.32 Å². The Balaban J connectivity index is 1.80. The summed E-state index contributed by atoms with van der Waals surface area (Å²) in [6.45, 7) is 0. The Kier molecular flexibility index (Phi) is 3.51. The highest BCUT2D eigenvalue weighted by Gasteiger charge is 2.22. The highest BCUT2D eigenvalue weighted by atomic mass is 32.2. The first-order valence-corrected chi connectivity index (χ1v) is 7.27. The zero-order valence-electron chi connectivity index (χ0n) is 10.4. The number of hydrogen-bond donors (Lipinski definition) is 1. The van der Waals surface area contributed by atoms with Gasteiger partial charge in [-0.3, -0.25) is 9.78 Å². The normalized spacial score (nSPS) is 17.6. The number of carbonyl (C=O) groups is 1. The van der Waals surface area contributed by atoms with E-state index in [0.29, 0.717) is 5.69 Å². The van der Waals surface area contributed by atoms with Gasteiger partial charge in [0.25, 0.3) is 5.91 Å². The number of fused-ring (bicyclic) bond motifs is 1. The maximum absolute atomic E-state index is 12.1. The second-order valence-corrected chi connectivity index (χ2v) is 5.55. The predicted octanol–water partition coefficient (Wildman–Crippen LogP) is 3.05. The maximum atomic E-state index is 12.1. The van der Waals surface area contributed by atoms with Gasteiger partial charge < -0.3 is 5.32 Å². The average molecular weight is 270 g/mol. The van der Waals surface area contributed by atoms with Crippen LogP contribution in [0.2, 0.25) is 0 Å². The van der Waals surface area contributed by atoms with Crippen molar-refractivity contribution in [3.63, 3.8) is 0 Å². The molecule has 0 fully saturated rings. The molecule has 0 spiro atoms. The second kappa shape index (κ2) is 5.45. The van der Waals surface area contributed by atoms with Gasteiger partial charge in [-0.15, -0.1) is 11.8 Å². The fourth-order valence-corrected chi connectivity index (χ4v) is 3.35. The van der Waals surface area contributed by atoms with E-state index in [1.807, 2.05) is 36.0 Å². The standard InChI is InChI=1S/C15H14N2OS/c18-15(13-6-3-4-9-16-13)17-12-8-10-19-14-7-2-1-5-11(12)14/h1-7,9,12H,8,10H2,(H,17,18)/t12-/m0/s1. The molecule has 3 rings (SSSR count). The van der Waals surface area contributed by atoms with Gasteiger partial charge in [-0.05, 0) is 30.2 Å². The molecule has 1 atom stereocenters. The minimum atomic E-state index is -0.104. The van der Waals surface area contributed by atoms with Crippen molar-refractivity contribution in [2.24, 2.45) is 0 Å². The molecule has 1 aliphatic heterocycles. The maximum Gasteiger partial charge on any atom is 0.270 e. The van der Waals surface area contributed by atoms with Gasteiger partial charge in [0.2, 0.25) is 0 Å². The van der Waals surface area contributed by atoms with E-state index in [9.17, 15) is 4.79 Å². The van der Waals surface area contributed by atoms with Gasteiger partial charge in [-0.25, -0.2) is 0 Å². The molecule has 1 amide bonds. The molecule has 96 valence electrons. The van der Waals surface area contributed by atoms with E-state index < -0.39 is 0 Å². The molecule has 0 bridgehead atoms. The molecule has 0 radical (unpaired) electrons. The molecule has 1 aliphatic rings. The number of thioether (sulfide) groups is 1. The molecule has 1 N–H and O–H groups in total. The zero-order chi connectivity index (χ0) is 13.1. The number of amides is 1. The van der Waals surface area contributed by atoms with Crippen molar-refractivity contribution in [1.29, 1.82) is 0 Å². The van der Waals surface area contributed by atoms with Crippen LogP contribution in [0.1, 0.15) is 28.5 Å². The van der Waals surface area contributed by atoms with Gasteiger partial charge in [-0.2, -0.15) is 0 Å². The van der Waals surface area contributed by atoms with Crippen molar-refractivity contribution >= 4 is 17.7 Å². The predicted molar refractivity (Wildman–Crippen MR) is 76.2 cm³/mol. The van der Waals surface area contributed by atoms with Crippen molar-refractivity contribution in [3.8, 4) is 0 Å². The average Bonchev–Trinajstić information content (AvgIpc) is 2.48. The van der Waals surface area contributed by atoms with Crippen molar-refractivity contribution in [2.75, 3.05) is 5.75 Å². The van der Waals surface area contributed by atoms with Crippen LogP contribution in [-0.2, 0) is 0 Å². The van der Waals surface area contributed by atoms with E-state index in [1.54, 1.807) is 12.3 Å². The van der Waals surface area contributed by atoms with E-state index in [-0.39, 0.29) is 11.9 Å². The summed E-state index contributed by atoms with van der Waals surface area (Å²) in [6.07, 6.45) is 2.60. The van der Waals surface area contributed by atoms with Crippen molar-refractivity contribution in [2.45, 2.75) is 17.4 Å². The Morgan fingerprint density at radius 3 is 2.89 bits per heavy atom. The summed E-state index contributed by atoms with van der Waals surface area (Å²) < 4.78 is 0. The Morgan fingerprint density at radius 1 is 1.21 bits per heavy atom. The molecule has 0 saturated carbocycles. The Morgan fingerprint density at radius 2 is 2.05 bits per heavy atom. The molecule has 0 unspecified atom stereocenters. The number of carbonyl (C=O) groups excluding carboxylic acids is 1. The lowest BCUT2D eigenvalue weighted by molar-refractivity contribution is 0.0930. The largest absolute Gasteiger partial charge is 0.344 e. The number of pyridine rings is 1. The zero-order valence-corrected chi connectivity index (χ0v) is 11.2. The summed E-state index contributed by atoms with van der Waals surface area (Å²) in [5.74, 6) is 0.928. The third kappa shape index (κ3) is 2.63. The van der Waals surface area contributed by atoms with Gasteiger partial charge in [0.15, 0.2) is 0 Å². The lowest BCUT2D eigenvalue weighted by Crippen LogP contribution is -2.31. The molecule has 4 heteroatoms. The molecular formula is C15H14N2OS. The molecule has 0 saturated heterocycles. The summed E-state index contributed by atoms with van der Waals surface area (Å²) >= 11 is 1.85. The molecular weight excluding hydrogens is 256 g/mol. The van der Waals surface area contributed by atoms with Crippen molar-refractivity contribution in [1.82, 2.24) is 10.3 Å². The topological polar surface area (TPSA) is 42.0 Å². The fourth-order valence-electron chi connectivity index (χ4n) is 2.22. The minimum Gasteiger partial charge on any atom is -0.344 e. The molecule has 1 aromatic heterocycles. The van der Waals surface area contributed by atoms with Crippen LogP contribution in [0.25, 0.3) is 0 Å². The van der Waals surface area contributed by atoms with Gasteiger partial charge >= 0.3 is 0 Å². The summed E-state index contributed by atoms with van der Waals surface area (Å²) in [7, 11) is 0. The molecule has 19 heavy (non-hydrogen) atoms. The van der Waals surface area contributed by atoms with E-state index >= 15 is 0 Å². The Bertz CT molecular complexity index is 586. The molecule has 2 aromatic rings. The van der Waals surface area contributed by atoms with Gasteiger partial charge in [0, 0.05) is 16.8 Å². The summed E-state index contributed by atoms with van der Waals surface area (Å²) in [5, 5.41) is 3.08. The third-order valence-corrected chi connectivity index (χ3v) is 4.28. The quantitative estimate of drug-likeness (QED) is 0.912. The number of hydrogen-bond acceptors (Lipinski definition) is 3. The van der Waals surface area contributed by atoms with Crippen molar-refractivity contribution < 1.29 is 4.79 Å². The van der Waals surface area contributed by atoms with E-state index in [2.05, 4.69) is 22.4 Å². The van der Waals surface area contributed by atoms with E-state index in [4.69, 9.17) is 0 Å².